The van der Waals surface area contributed by atoms with E-state index >= 15 is 0 Å². The number of alkyl halides is 1. The second-order valence-electron chi connectivity index (χ2n) is 2.95. The predicted molar refractivity (Wildman–Crippen MR) is 47.3 cm³/mol. The standard InChI is InChI=1S/C8H12ClNO2/c1-5(4-9)3-7-6(2)12-8(11)10-7/h6-7H,1,3-4H2,2H3,(H,10,11)/t6-,7-/m1/s1. The second kappa shape index (κ2) is 3.81. The topological polar surface area (TPSA) is 38.3 Å². The molecule has 4 heteroatoms. The molecule has 12 heavy (non-hydrogen) atoms. The number of amides is 1. The maximum Gasteiger partial charge on any atom is 0.407 e. The maximum absolute atomic E-state index is 10.7. The Morgan fingerprint density at radius 1 is 1.83 bits per heavy atom. The van der Waals surface area contributed by atoms with Crippen LogP contribution in [0.5, 0.6) is 0 Å². The van der Waals surface area contributed by atoms with Crippen LogP contribution in [-0.2, 0) is 4.74 Å². The summed E-state index contributed by atoms with van der Waals surface area (Å²) in [4.78, 5) is 10.7. The molecule has 1 aliphatic heterocycles. The van der Waals surface area contributed by atoms with E-state index in [0.29, 0.717) is 12.3 Å². The monoisotopic (exact) mass is 189 g/mol. The number of hydrogen-bond acceptors (Lipinski definition) is 2. The van der Waals surface area contributed by atoms with Crippen LogP contribution in [0.2, 0.25) is 0 Å². The lowest BCUT2D eigenvalue weighted by Gasteiger charge is -2.12. The average Bonchev–Trinajstić information content (AvgIpc) is 2.30. The molecule has 0 radical (unpaired) electrons. The van der Waals surface area contributed by atoms with Crippen molar-refractivity contribution in [3.8, 4) is 0 Å². The SMILES string of the molecule is C=C(CCl)C[C@H]1NC(=O)O[C@@H]1C. The quantitative estimate of drug-likeness (QED) is 0.542. The van der Waals surface area contributed by atoms with Crippen LogP contribution in [0.15, 0.2) is 12.2 Å². The van der Waals surface area contributed by atoms with Crippen LogP contribution in [-0.4, -0.2) is 24.1 Å². The van der Waals surface area contributed by atoms with Crippen molar-refractivity contribution in [1.29, 1.82) is 0 Å². The van der Waals surface area contributed by atoms with Crippen LogP contribution >= 0.6 is 11.6 Å². The van der Waals surface area contributed by atoms with Crippen LogP contribution < -0.4 is 5.32 Å². The average molecular weight is 190 g/mol. The number of halogens is 1. The number of hydrogen-bond donors (Lipinski definition) is 1. The first kappa shape index (κ1) is 9.39. The van der Waals surface area contributed by atoms with Gasteiger partial charge in [-0.05, 0) is 13.3 Å². The number of carbonyl (C=O) groups excluding carboxylic acids is 1. The highest BCUT2D eigenvalue weighted by Crippen LogP contribution is 2.15. The third-order valence-electron chi connectivity index (χ3n) is 1.86. The fraction of sp³-hybridized carbons (Fsp3) is 0.625. The molecule has 0 aromatic carbocycles. The van der Waals surface area contributed by atoms with E-state index in [1.165, 1.54) is 0 Å². The summed E-state index contributed by atoms with van der Waals surface area (Å²) in [5.74, 6) is 0.430. The van der Waals surface area contributed by atoms with E-state index < -0.39 is 0 Å². The number of alkyl carbamates (subject to hydrolysis) is 1. The molecule has 0 aromatic heterocycles. The number of carbonyl (C=O) groups is 1. The zero-order chi connectivity index (χ0) is 9.14. The first-order valence-corrected chi connectivity index (χ1v) is 4.36. The Balaban J connectivity index is 2.42. The molecule has 1 amide bonds. The molecule has 0 aliphatic carbocycles. The highest BCUT2D eigenvalue weighted by Gasteiger charge is 2.30. The lowest BCUT2D eigenvalue weighted by molar-refractivity contribution is 0.141. The van der Waals surface area contributed by atoms with Gasteiger partial charge in [-0.3, -0.25) is 0 Å². The summed E-state index contributed by atoms with van der Waals surface area (Å²) in [6.07, 6.45) is 0.253. The summed E-state index contributed by atoms with van der Waals surface area (Å²) in [5, 5.41) is 2.69. The summed E-state index contributed by atoms with van der Waals surface area (Å²) in [6, 6.07) is 0.0312. The molecule has 0 saturated carbocycles. The molecule has 1 rings (SSSR count). The molecule has 1 N–H and O–H groups in total. The van der Waals surface area contributed by atoms with Gasteiger partial charge >= 0.3 is 6.09 Å². The summed E-state index contributed by atoms with van der Waals surface area (Å²) in [5.41, 5.74) is 0.916. The van der Waals surface area contributed by atoms with Gasteiger partial charge in [0.15, 0.2) is 0 Å². The smallest absolute Gasteiger partial charge is 0.407 e. The van der Waals surface area contributed by atoms with Gasteiger partial charge in [-0.25, -0.2) is 4.79 Å². The normalized spacial score (nSPS) is 28.0. The van der Waals surface area contributed by atoms with Gasteiger partial charge in [-0.15, -0.1) is 11.6 Å². The van der Waals surface area contributed by atoms with Crippen LogP contribution in [0.1, 0.15) is 13.3 Å². The Bertz CT molecular complexity index is 205. The molecule has 1 fully saturated rings. The summed E-state index contributed by atoms with van der Waals surface area (Å²) < 4.78 is 4.88. The van der Waals surface area contributed by atoms with Crippen molar-refractivity contribution < 1.29 is 9.53 Å². The number of ether oxygens (including phenoxy) is 1. The zero-order valence-corrected chi connectivity index (χ0v) is 7.73. The molecule has 1 aliphatic rings. The summed E-state index contributed by atoms with van der Waals surface area (Å²) in [7, 11) is 0. The minimum Gasteiger partial charge on any atom is -0.444 e. The summed E-state index contributed by atoms with van der Waals surface area (Å²) >= 11 is 5.56. The third kappa shape index (κ3) is 2.14. The molecule has 3 nitrogen and oxygen atoms in total. The Hall–Kier alpha value is -0.700. The van der Waals surface area contributed by atoms with Crippen molar-refractivity contribution in [2.75, 3.05) is 5.88 Å². The molecule has 1 saturated heterocycles. The fourth-order valence-electron chi connectivity index (χ4n) is 1.14. The zero-order valence-electron chi connectivity index (χ0n) is 6.97. The largest absolute Gasteiger partial charge is 0.444 e. The van der Waals surface area contributed by atoms with Crippen molar-refractivity contribution in [1.82, 2.24) is 5.32 Å². The maximum atomic E-state index is 10.7. The molecule has 0 bridgehead atoms. The Morgan fingerprint density at radius 2 is 2.50 bits per heavy atom. The van der Waals surface area contributed by atoms with Crippen LogP contribution in [0, 0.1) is 0 Å². The minimum atomic E-state index is -0.352. The van der Waals surface area contributed by atoms with Gasteiger partial charge in [0.25, 0.3) is 0 Å². The molecule has 68 valence electrons. The fourth-order valence-corrected chi connectivity index (χ4v) is 1.25. The first-order valence-electron chi connectivity index (χ1n) is 3.83. The van der Waals surface area contributed by atoms with E-state index in [9.17, 15) is 4.79 Å². The van der Waals surface area contributed by atoms with E-state index in [1.54, 1.807) is 0 Å². The molecule has 2 atom stereocenters. The summed E-state index contributed by atoms with van der Waals surface area (Å²) in [6.45, 7) is 5.61. The van der Waals surface area contributed by atoms with Gasteiger partial charge in [0.2, 0.25) is 0 Å². The van der Waals surface area contributed by atoms with Crippen LogP contribution in [0.4, 0.5) is 4.79 Å². The molecule has 0 unspecified atom stereocenters. The Kier molecular flexibility index (Phi) is 2.98. The van der Waals surface area contributed by atoms with Crippen molar-refractivity contribution in [2.24, 2.45) is 0 Å². The van der Waals surface area contributed by atoms with E-state index in [-0.39, 0.29) is 18.2 Å². The van der Waals surface area contributed by atoms with Crippen LogP contribution in [0.3, 0.4) is 0 Å². The van der Waals surface area contributed by atoms with Gasteiger partial charge in [0, 0.05) is 5.88 Å². The van der Waals surface area contributed by atoms with E-state index in [0.717, 1.165) is 5.57 Å². The number of rotatable bonds is 3. The van der Waals surface area contributed by atoms with Gasteiger partial charge in [0.05, 0.1) is 6.04 Å². The highest BCUT2D eigenvalue weighted by molar-refractivity contribution is 6.19. The number of cyclic esters (lactones) is 1. The van der Waals surface area contributed by atoms with E-state index in [2.05, 4.69) is 11.9 Å². The van der Waals surface area contributed by atoms with Gasteiger partial charge in [-0.2, -0.15) is 0 Å². The van der Waals surface area contributed by atoms with E-state index in [4.69, 9.17) is 16.3 Å². The molecule has 0 aromatic rings. The van der Waals surface area contributed by atoms with Gasteiger partial charge in [0.1, 0.15) is 6.10 Å². The highest BCUT2D eigenvalue weighted by atomic mass is 35.5. The predicted octanol–water partition coefficient (Wildman–Crippen LogP) is 1.67. The van der Waals surface area contributed by atoms with Crippen molar-refractivity contribution >= 4 is 17.7 Å². The molecule has 0 spiro atoms. The van der Waals surface area contributed by atoms with Gasteiger partial charge in [-0.1, -0.05) is 12.2 Å². The van der Waals surface area contributed by atoms with Gasteiger partial charge < -0.3 is 10.1 Å². The van der Waals surface area contributed by atoms with Crippen LogP contribution in [0.25, 0.3) is 0 Å². The minimum absolute atomic E-state index is 0.0312. The molecular weight excluding hydrogens is 178 g/mol. The lowest BCUT2D eigenvalue weighted by atomic mass is 10.1. The first-order chi connectivity index (χ1) is 5.63. The van der Waals surface area contributed by atoms with E-state index in [1.807, 2.05) is 6.92 Å². The van der Waals surface area contributed by atoms with Crippen molar-refractivity contribution in [3.63, 3.8) is 0 Å². The molecule has 1 heterocycles. The molecular formula is C8H12ClNO2. The number of nitrogens with one attached hydrogen (secondary N) is 1. The second-order valence-corrected chi connectivity index (χ2v) is 3.22. The van der Waals surface area contributed by atoms with Crippen molar-refractivity contribution in [2.45, 2.75) is 25.5 Å². The lowest BCUT2D eigenvalue weighted by Crippen LogP contribution is -2.30. The van der Waals surface area contributed by atoms with Crippen molar-refractivity contribution in [3.05, 3.63) is 12.2 Å². The Morgan fingerprint density at radius 3 is 2.92 bits per heavy atom. The Labute approximate surface area is 76.7 Å². The third-order valence-corrected chi connectivity index (χ3v) is 2.24.